The number of aromatic nitrogens is 2. The number of benzene rings is 1. The lowest BCUT2D eigenvalue weighted by Crippen LogP contribution is -2.36. The monoisotopic (exact) mass is 367 g/mol. The molecule has 0 atom stereocenters. The van der Waals surface area contributed by atoms with Crippen molar-refractivity contribution in [1.82, 2.24) is 20.0 Å². The van der Waals surface area contributed by atoms with Crippen LogP contribution in [0.2, 0.25) is 0 Å². The van der Waals surface area contributed by atoms with Crippen molar-refractivity contribution in [3.8, 4) is 11.6 Å². The zero-order chi connectivity index (χ0) is 17.4. The van der Waals surface area contributed by atoms with E-state index >= 15 is 0 Å². The highest BCUT2D eigenvalue weighted by molar-refractivity contribution is 7.88. The molecule has 1 aromatic heterocycles. The minimum atomic E-state index is -3.19. The fraction of sp³-hybridized carbons (Fsp3) is 0.214. The third kappa shape index (κ3) is 6.86. The van der Waals surface area contributed by atoms with Gasteiger partial charge in [-0.05, 0) is 36.5 Å². The van der Waals surface area contributed by atoms with Crippen LogP contribution in [0.4, 0.5) is 5.69 Å². The molecule has 0 aliphatic heterocycles. The number of nitrogens with one attached hydrogen (secondary N) is 3. The molecular formula is C14H17N5O3S2. The number of anilines is 1. The van der Waals surface area contributed by atoms with Gasteiger partial charge in [-0.25, -0.2) is 18.1 Å². The molecule has 128 valence electrons. The first kappa shape index (κ1) is 18.0. The quantitative estimate of drug-likeness (QED) is 0.494. The number of hydrogen-bond donors (Lipinski definition) is 3. The van der Waals surface area contributed by atoms with Crippen LogP contribution in [0.15, 0.2) is 42.9 Å². The molecule has 1 aromatic carbocycles. The Morgan fingerprint density at radius 2 is 1.96 bits per heavy atom. The van der Waals surface area contributed by atoms with Gasteiger partial charge in [0.25, 0.3) is 0 Å². The van der Waals surface area contributed by atoms with Gasteiger partial charge in [-0.3, -0.25) is 4.98 Å². The maximum Gasteiger partial charge on any atom is 0.237 e. The van der Waals surface area contributed by atoms with Crippen molar-refractivity contribution in [2.24, 2.45) is 0 Å². The molecule has 10 heteroatoms. The molecule has 0 amide bonds. The maximum absolute atomic E-state index is 10.9. The highest BCUT2D eigenvalue weighted by atomic mass is 32.2. The van der Waals surface area contributed by atoms with Crippen molar-refractivity contribution in [2.45, 2.75) is 0 Å². The van der Waals surface area contributed by atoms with Crippen LogP contribution in [0.1, 0.15) is 0 Å². The topological polar surface area (TPSA) is 105 Å². The standard InChI is InChI=1S/C14H17N5O3S2/c1-24(20,21)18-9-8-17-14(23)19-11-2-4-12(5-3-11)22-13-10-15-6-7-16-13/h2-7,10,18H,8-9H2,1H3,(H2,17,19,23). The molecule has 0 radical (unpaired) electrons. The van der Waals surface area contributed by atoms with Gasteiger partial charge in [0.05, 0.1) is 12.5 Å². The zero-order valence-corrected chi connectivity index (χ0v) is 14.5. The molecule has 0 saturated carbocycles. The maximum atomic E-state index is 10.9. The summed E-state index contributed by atoms with van der Waals surface area (Å²) in [5.41, 5.74) is 0.773. The molecule has 2 rings (SSSR count). The van der Waals surface area contributed by atoms with Crippen LogP contribution in [0, 0.1) is 0 Å². The second-order valence-corrected chi connectivity index (χ2v) is 6.96. The van der Waals surface area contributed by atoms with Crippen LogP contribution < -0.4 is 20.1 Å². The third-order valence-electron chi connectivity index (χ3n) is 2.65. The highest BCUT2D eigenvalue weighted by Gasteiger charge is 2.02. The van der Waals surface area contributed by atoms with Gasteiger partial charge in [-0.2, -0.15) is 0 Å². The van der Waals surface area contributed by atoms with Crippen molar-refractivity contribution < 1.29 is 13.2 Å². The van der Waals surface area contributed by atoms with Gasteiger partial charge >= 0.3 is 0 Å². The number of rotatable bonds is 7. The number of ether oxygens (including phenoxy) is 1. The Labute approximate surface area is 145 Å². The summed E-state index contributed by atoms with van der Waals surface area (Å²) in [6, 6.07) is 7.14. The van der Waals surface area contributed by atoms with E-state index < -0.39 is 10.0 Å². The molecule has 0 spiro atoms. The summed E-state index contributed by atoms with van der Waals surface area (Å²) in [4.78, 5) is 7.94. The number of hydrogen-bond acceptors (Lipinski definition) is 6. The smallest absolute Gasteiger partial charge is 0.237 e. The summed E-state index contributed by atoms with van der Waals surface area (Å²) in [6.45, 7) is 0.637. The third-order valence-corrected chi connectivity index (χ3v) is 3.62. The van der Waals surface area contributed by atoms with E-state index in [-0.39, 0.29) is 6.54 Å². The number of thiocarbonyl (C=S) groups is 1. The fourth-order valence-corrected chi connectivity index (χ4v) is 2.35. The lowest BCUT2D eigenvalue weighted by molar-refractivity contribution is 0.460. The number of nitrogens with zero attached hydrogens (tertiary/aromatic N) is 2. The van der Waals surface area contributed by atoms with E-state index in [0.29, 0.717) is 23.3 Å². The molecule has 0 unspecified atom stereocenters. The molecule has 8 nitrogen and oxygen atoms in total. The summed E-state index contributed by atoms with van der Waals surface area (Å²) in [7, 11) is -3.19. The largest absolute Gasteiger partial charge is 0.438 e. The molecule has 0 saturated heterocycles. The van der Waals surface area contributed by atoms with E-state index in [9.17, 15) is 8.42 Å². The van der Waals surface area contributed by atoms with E-state index in [1.165, 1.54) is 6.20 Å². The van der Waals surface area contributed by atoms with E-state index in [4.69, 9.17) is 17.0 Å². The van der Waals surface area contributed by atoms with Crippen LogP contribution in [-0.2, 0) is 10.0 Å². The Balaban J connectivity index is 1.78. The number of sulfonamides is 1. The van der Waals surface area contributed by atoms with Gasteiger partial charge in [0.1, 0.15) is 5.75 Å². The predicted octanol–water partition coefficient (Wildman–Crippen LogP) is 1.10. The lowest BCUT2D eigenvalue weighted by Gasteiger charge is -2.11. The Kier molecular flexibility index (Phi) is 6.41. The van der Waals surface area contributed by atoms with Crippen molar-refractivity contribution in [3.05, 3.63) is 42.9 Å². The van der Waals surface area contributed by atoms with Gasteiger partial charge in [0, 0.05) is 31.2 Å². The average Bonchev–Trinajstić information content (AvgIpc) is 2.54. The highest BCUT2D eigenvalue weighted by Crippen LogP contribution is 2.20. The lowest BCUT2D eigenvalue weighted by atomic mass is 10.3. The normalized spacial score (nSPS) is 10.9. The first-order valence-electron chi connectivity index (χ1n) is 6.96. The summed E-state index contributed by atoms with van der Waals surface area (Å²) in [5.74, 6) is 1.03. The SMILES string of the molecule is CS(=O)(=O)NCCNC(=S)Nc1ccc(Oc2cnccn2)cc1. The van der Waals surface area contributed by atoms with Gasteiger partial charge < -0.3 is 15.4 Å². The molecule has 1 heterocycles. The van der Waals surface area contributed by atoms with Crippen molar-refractivity contribution in [1.29, 1.82) is 0 Å². The molecular weight excluding hydrogens is 350 g/mol. The molecule has 0 aliphatic carbocycles. The predicted molar refractivity (Wildman–Crippen MR) is 95.6 cm³/mol. The molecule has 3 N–H and O–H groups in total. The fourth-order valence-electron chi connectivity index (χ4n) is 1.65. The molecule has 0 aliphatic rings. The summed E-state index contributed by atoms with van der Waals surface area (Å²) in [6.07, 6.45) is 5.75. The minimum absolute atomic E-state index is 0.255. The molecule has 2 aromatic rings. The summed E-state index contributed by atoms with van der Waals surface area (Å²) < 4.78 is 29.7. The Bertz CT molecular complexity index is 767. The van der Waals surface area contributed by atoms with Gasteiger partial charge in [-0.1, -0.05) is 0 Å². The van der Waals surface area contributed by atoms with Gasteiger partial charge in [0.15, 0.2) is 5.11 Å². The van der Waals surface area contributed by atoms with Gasteiger partial charge in [-0.15, -0.1) is 0 Å². The summed E-state index contributed by atoms with van der Waals surface area (Å²) in [5, 5.41) is 6.29. The first-order chi connectivity index (χ1) is 11.4. The van der Waals surface area contributed by atoms with Crippen LogP contribution in [0.25, 0.3) is 0 Å². The van der Waals surface area contributed by atoms with Crippen molar-refractivity contribution in [2.75, 3.05) is 24.7 Å². The van der Waals surface area contributed by atoms with E-state index in [1.807, 2.05) is 0 Å². The first-order valence-corrected chi connectivity index (χ1v) is 9.26. The molecule has 0 fully saturated rings. The van der Waals surface area contributed by atoms with Crippen LogP contribution >= 0.6 is 12.2 Å². The second kappa shape index (κ2) is 8.52. The van der Waals surface area contributed by atoms with Gasteiger partial charge in [0.2, 0.25) is 15.9 Å². The molecule has 0 bridgehead atoms. The van der Waals surface area contributed by atoms with E-state index in [0.717, 1.165) is 11.9 Å². The van der Waals surface area contributed by atoms with Crippen LogP contribution in [0.5, 0.6) is 11.6 Å². The van der Waals surface area contributed by atoms with Crippen LogP contribution in [0.3, 0.4) is 0 Å². The average molecular weight is 367 g/mol. The Hall–Kier alpha value is -2.30. The van der Waals surface area contributed by atoms with Crippen molar-refractivity contribution in [3.63, 3.8) is 0 Å². The Morgan fingerprint density at radius 1 is 1.21 bits per heavy atom. The minimum Gasteiger partial charge on any atom is -0.438 e. The zero-order valence-electron chi connectivity index (χ0n) is 12.9. The molecule has 24 heavy (non-hydrogen) atoms. The van der Waals surface area contributed by atoms with E-state index in [2.05, 4.69) is 25.3 Å². The second-order valence-electron chi connectivity index (χ2n) is 4.72. The Morgan fingerprint density at radius 3 is 2.58 bits per heavy atom. The van der Waals surface area contributed by atoms with Crippen molar-refractivity contribution >= 4 is 33.0 Å². The van der Waals surface area contributed by atoms with Crippen LogP contribution in [-0.4, -0.2) is 42.8 Å². The summed E-state index contributed by atoms with van der Waals surface area (Å²) >= 11 is 5.13. The van der Waals surface area contributed by atoms with E-state index in [1.54, 1.807) is 36.7 Å².